The summed E-state index contributed by atoms with van der Waals surface area (Å²) in [5.74, 6) is 0.0998. The summed E-state index contributed by atoms with van der Waals surface area (Å²) in [6, 6.07) is 11.9. The van der Waals surface area contributed by atoms with Gasteiger partial charge in [0.25, 0.3) is 10.0 Å². The molecule has 0 radical (unpaired) electrons. The first-order valence-electron chi connectivity index (χ1n) is 6.55. The van der Waals surface area contributed by atoms with Gasteiger partial charge in [-0.25, -0.2) is 9.22 Å². The average molecular weight is 322 g/mol. The topological polar surface area (TPSA) is 67.8 Å². The lowest BCUT2D eigenvalue weighted by atomic mass is 10.2. The number of ether oxygens (including phenoxy) is 1. The van der Waals surface area contributed by atoms with Crippen LogP contribution in [0.25, 0.3) is 0 Å². The number of hydrogen-bond acceptors (Lipinski definition) is 4. The zero-order valence-corrected chi connectivity index (χ0v) is 12.7. The molecule has 0 saturated carbocycles. The average Bonchev–Trinajstić information content (AvgIpc) is 2.50. The van der Waals surface area contributed by atoms with E-state index in [1.807, 2.05) is 11.8 Å². The third kappa shape index (κ3) is 4.05. The summed E-state index contributed by atoms with van der Waals surface area (Å²) in [7, 11) is -3.80. The number of hydrazone groups is 1. The molecule has 2 aromatic rings. The second-order valence-electron chi connectivity index (χ2n) is 4.28. The normalized spacial score (nSPS) is 11.5. The number of sulfonamides is 1. The van der Waals surface area contributed by atoms with Crippen molar-refractivity contribution < 1.29 is 17.5 Å². The molecule has 0 atom stereocenters. The summed E-state index contributed by atoms with van der Waals surface area (Å²) in [4.78, 5) is 2.08. The van der Waals surface area contributed by atoms with E-state index in [0.717, 1.165) is 6.21 Å². The van der Waals surface area contributed by atoms with Gasteiger partial charge in [0.05, 0.1) is 17.7 Å². The van der Waals surface area contributed by atoms with E-state index >= 15 is 0 Å². The quantitative estimate of drug-likeness (QED) is 0.656. The number of benzene rings is 2. The maximum Gasteiger partial charge on any atom is 0.276 e. The molecule has 7 heteroatoms. The number of rotatable bonds is 6. The Balaban J connectivity index is 2.09. The molecular weight excluding hydrogens is 307 g/mol. The Hall–Kier alpha value is -2.41. The van der Waals surface area contributed by atoms with E-state index in [1.54, 1.807) is 18.2 Å². The highest BCUT2D eigenvalue weighted by atomic mass is 32.2. The lowest BCUT2D eigenvalue weighted by Crippen LogP contribution is -2.18. The van der Waals surface area contributed by atoms with E-state index in [2.05, 4.69) is 5.10 Å². The SMILES string of the molecule is CCOc1ccc(S(=O)(=O)N/N=C/c2ccccc2F)cc1. The molecular formula is C15H15FN2O3S. The highest BCUT2D eigenvalue weighted by molar-refractivity contribution is 7.89. The van der Waals surface area contributed by atoms with Crippen LogP contribution in [0.2, 0.25) is 0 Å². The molecule has 0 aliphatic carbocycles. The fourth-order valence-corrected chi connectivity index (χ4v) is 2.47. The molecule has 5 nitrogen and oxygen atoms in total. The standard InChI is InChI=1S/C15H15FN2O3S/c1-2-21-13-7-9-14(10-8-13)22(19,20)18-17-11-12-5-3-4-6-15(12)16/h3-11,18H,2H2,1H3/b17-11+. The first kappa shape index (κ1) is 16.0. The summed E-state index contributed by atoms with van der Waals surface area (Å²) in [6.45, 7) is 2.33. The van der Waals surface area contributed by atoms with Crippen molar-refractivity contribution in [3.05, 3.63) is 59.9 Å². The van der Waals surface area contributed by atoms with Crippen molar-refractivity contribution in [2.75, 3.05) is 6.61 Å². The van der Waals surface area contributed by atoms with Gasteiger partial charge in [0.2, 0.25) is 0 Å². The van der Waals surface area contributed by atoms with Gasteiger partial charge < -0.3 is 4.74 Å². The predicted octanol–water partition coefficient (Wildman–Crippen LogP) is 2.54. The van der Waals surface area contributed by atoms with E-state index < -0.39 is 15.8 Å². The Bertz CT molecular complexity index is 759. The molecule has 0 spiro atoms. The van der Waals surface area contributed by atoms with Crippen LogP contribution < -0.4 is 9.57 Å². The molecule has 0 saturated heterocycles. The van der Waals surface area contributed by atoms with E-state index in [9.17, 15) is 12.8 Å². The van der Waals surface area contributed by atoms with Crippen LogP contribution in [0, 0.1) is 5.82 Å². The van der Waals surface area contributed by atoms with Crippen LogP contribution in [0.15, 0.2) is 58.5 Å². The lowest BCUT2D eigenvalue weighted by molar-refractivity contribution is 0.340. The van der Waals surface area contributed by atoms with E-state index in [4.69, 9.17) is 4.74 Å². The van der Waals surface area contributed by atoms with Gasteiger partial charge in [-0.1, -0.05) is 18.2 Å². The Morgan fingerprint density at radius 3 is 2.50 bits per heavy atom. The van der Waals surface area contributed by atoms with Gasteiger partial charge in [0.15, 0.2) is 0 Å². The monoisotopic (exact) mass is 322 g/mol. The van der Waals surface area contributed by atoms with Crippen molar-refractivity contribution in [2.45, 2.75) is 11.8 Å². The highest BCUT2D eigenvalue weighted by Gasteiger charge is 2.12. The molecule has 0 fully saturated rings. The van der Waals surface area contributed by atoms with E-state index in [1.165, 1.54) is 30.3 Å². The van der Waals surface area contributed by atoms with Crippen LogP contribution in [0.5, 0.6) is 5.75 Å². The fourth-order valence-electron chi connectivity index (χ4n) is 1.68. The second-order valence-corrected chi connectivity index (χ2v) is 5.94. The summed E-state index contributed by atoms with van der Waals surface area (Å²) >= 11 is 0. The molecule has 0 aliphatic heterocycles. The molecule has 0 heterocycles. The number of hydrogen-bond donors (Lipinski definition) is 1. The highest BCUT2D eigenvalue weighted by Crippen LogP contribution is 2.15. The van der Waals surface area contributed by atoms with Gasteiger partial charge in [0.1, 0.15) is 11.6 Å². The molecule has 116 valence electrons. The zero-order valence-electron chi connectivity index (χ0n) is 11.9. The van der Waals surface area contributed by atoms with Gasteiger partial charge in [-0.2, -0.15) is 13.5 Å². The van der Waals surface area contributed by atoms with Crippen LogP contribution >= 0.6 is 0 Å². The predicted molar refractivity (Wildman–Crippen MR) is 81.9 cm³/mol. The molecule has 2 aromatic carbocycles. The van der Waals surface area contributed by atoms with Crippen LogP contribution in [-0.4, -0.2) is 21.2 Å². The first-order chi connectivity index (χ1) is 10.5. The lowest BCUT2D eigenvalue weighted by Gasteiger charge is -2.05. The Kier molecular flexibility index (Phi) is 5.11. The minimum absolute atomic E-state index is 0.0432. The molecule has 0 amide bonds. The number of halogens is 1. The van der Waals surface area contributed by atoms with Crippen LogP contribution in [0.3, 0.4) is 0 Å². The van der Waals surface area contributed by atoms with Crippen LogP contribution in [-0.2, 0) is 10.0 Å². The summed E-state index contributed by atoms with van der Waals surface area (Å²) in [5, 5.41) is 3.58. The van der Waals surface area contributed by atoms with Crippen molar-refractivity contribution in [1.29, 1.82) is 0 Å². The third-order valence-corrected chi connectivity index (χ3v) is 3.97. The second kappa shape index (κ2) is 7.04. The molecule has 0 unspecified atom stereocenters. The summed E-state index contributed by atoms with van der Waals surface area (Å²) in [6.07, 6.45) is 1.11. The molecule has 0 aromatic heterocycles. The van der Waals surface area contributed by atoms with E-state index in [0.29, 0.717) is 12.4 Å². The summed E-state index contributed by atoms with van der Waals surface area (Å²) < 4.78 is 42.6. The van der Waals surface area contributed by atoms with Gasteiger partial charge >= 0.3 is 0 Å². The van der Waals surface area contributed by atoms with Gasteiger partial charge in [0, 0.05) is 5.56 Å². The molecule has 22 heavy (non-hydrogen) atoms. The van der Waals surface area contributed by atoms with Crippen molar-refractivity contribution in [1.82, 2.24) is 4.83 Å². The Labute approximate surface area is 128 Å². The van der Waals surface area contributed by atoms with Crippen molar-refractivity contribution in [3.8, 4) is 5.75 Å². The zero-order chi connectivity index (χ0) is 16.0. The Morgan fingerprint density at radius 2 is 1.86 bits per heavy atom. The largest absolute Gasteiger partial charge is 0.494 e. The van der Waals surface area contributed by atoms with Gasteiger partial charge in [-0.3, -0.25) is 0 Å². The minimum atomic E-state index is -3.80. The van der Waals surface area contributed by atoms with Gasteiger partial charge in [-0.05, 0) is 37.3 Å². The van der Waals surface area contributed by atoms with Crippen molar-refractivity contribution in [3.63, 3.8) is 0 Å². The van der Waals surface area contributed by atoms with E-state index in [-0.39, 0.29) is 10.5 Å². The molecule has 2 rings (SSSR count). The maximum absolute atomic E-state index is 13.4. The van der Waals surface area contributed by atoms with Gasteiger partial charge in [-0.15, -0.1) is 0 Å². The number of nitrogens with one attached hydrogen (secondary N) is 1. The first-order valence-corrected chi connectivity index (χ1v) is 8.03. The fraction of sp³-hybridized carbons (Fsp3) is 0.133. The maximum atomic E-state index is 13.4. The number of nitrogens with zero attached hydrogens (tertiary/aromatic N) is 1. The third-order valence-electron chi connectivity index (χ3n) is 2.73. The summed E-state index contributed by atoms with van der Waals surface area (Å²) in [5.41, 5.74) is 0.192. The molecule has 0 bridgehead atoms. The van der Waals surface area contributed by atoms with Crippen molar-refractivity contribution in [2.24, 2.45) is 5.10 Å². The van der Waals surface area contributed by atoms with Crippen LogP contribution in [0.1, 0.15) is 12.5 Å². The Morgan fingerprint density at radius 1 is 1.18 bits per heavy atom. The smallest absolute Gasteiger partial charge is 0.276 e. The molecule has 0 aliphatic rings. The van der Waals surface area contributed by atoms with Crippen LogP contribution in [0.4, 0.5) is 4.39 Å². The molecule has 1 N–H and O–H groups in total. The van der Waals surface area contributed by atoms with Crippen molar-refractivity contribution >= 4 is 16.2 Å². The minimum Gasteiger partial charge on any atom is -0.494 e.